The number of carbonyl (C=O) groups excluding carboxylic acids is 1. The molecule has 136 valence electrons. The molecule has 3 N–H and O–H groups in total. The first-order chi connectivity index (χ1) is 12.7. The van der Waals surface area contributed by atoms with Crippen molar-refractivity contribution in [3.05, 3.63) is 53.3 Å². The van der Waals surface area contributed by atoms with Gasteiger partial charge < -0.3 is 15.7 Å². The Morgan fingerprint density at radius 2 is 1.92 bits per heavy atom. The Balaban J connectivity index is 1.60. The minimum absolute atomic E-state index is 0.113. The van der Waals surface area contributed by atoms with Crippen molar-refractivity contribution in [3.63, 3.8) is 0 Å². The van der Waals surface area contributed by atoms with Crippen LogP contribution in [0.5, 0.6) is 0 Å². The Kier molecular flexibility index (Phi) is 5.75. The summed E-state index contributed by atoms with van der Waals surface area (Å²) in [5.41, 5.74) is 2.40. The van der Waals surface area contributed by atoms with Gasteiger partial charge >= 0.3 is 0 Å². The average molecular weight is 354 g/mol. The maximum absolute atomic E-state index is 12.1. The topological polar surface area (TPSA) is 104 Å². The van der Waals surface area contributed by atoms with Gasteiger partial charge in [-0.2, -0.15) is 4.52 Å². The van der Waals surface area contributed by atoms with Crippen LogP contribution in [0.15, 0.2) is 36.4 Å². The fourth-order valence-corrected chi connectivity index (χ4v) is 2.47. The summed E-state index contributed by atoms with van der Waals surface area (Å²) in [6, 6.07) is 11.1. The van der Waals surface area contributed by atoms with Crippen molar-refractivity contribution in [1.29, 1.82) is 0 Å². The standard InChI is InChI=1S/C18H22N6O2/c1-13-3-5-14(6-4-13)18(26)20-11-9-17-22-21-16-8-7-15(23-24(16)17)19-10-2-12-25/h3-8,25H,2,9-12H2,1H3,(H,19,23)(H,20,26). The van der Waals surface area contributed by atoms with E-state index in [0.29, 0.717) is 48.8 Å². The highest BCUT2D eigenvalue weighted by atomic mass is 16.3. The molecular formula is C18H22N6O2. The number of aryl methyl sites for hydroxylation is 1. The van der Waals surface area contributed by atoms with Crippen LogP contribution in [0.25, 0.3) is 5.65 Å². The highest BCUT2D eigenvalue weighted by molar-refractivity contribution is 5.94. The summed E-state index contributed by atoms with van der Waals surface area (Å²) in [6.45, 7) is 3.20. The molecule has 1 amide bonds. The second-order valence-corrected chi connectivity index (χ2v) is 5.98. The van der Waals surface area contributed by atoms with Crippen LogP contribution in [0.1, 0.15) is 28.2 Å². The fraction of sp³-hybridized carbons (Fsp3) is 0.333. The second kappa shape index (κ2) is 8.39. The van der Waals surface area contributed by atoms with Gasteiger partial charge in [0.05, 0.1) is 0 Å². The number of nitrogens with zero attached hydrogens (tertiary/aromatic N) is 4. The number of hydrogen-bond donors (Lipinski definition) is 3. The normalized spacial score (nSPS) is 10.8. The molecule has 0 bridgehead atoms. The Bertz CT molecular complexity index is 875. The minimum atomic E-state index is -0.113. The molecule has 8 nitrogen and oxygen atoms in total. The van der Waals surface area contributed by atoms with Gasteiger partial charge in [0.15, 0.2) is 11.5 Å². The van der Waals surface area contributed by atoms with E-state index in [1.807, 2.05) is 43.3 Å². The van der Waals surface area contributed by atoms with Crippen molar-refractivity contribution < 1.29 is 9.90 Å². The van der Waals surface area contributed by atoms with Gasteiger partial charge in [-0.25, -0.2) is 0 Å². The zero-order chi connectivity index (χ0) is 18.4. The lowest BCUT2D eigenvalue weighted by Crippen LogP contribution is -2.26. The summed E-state index contributed by atoms with van der Waals surface area (Å²) < 4.78 is 1.67. The third-order valence-corrected chi connectivity index (χ3v) is 3.92. The van der Waals surface area contributed by atoms with Crippen LogP contribution in [0.4, 0.5) is 5.82 Å². The van der Waals surface area contributed by atoms with Crippen LogP contribution < -0.4 is 10.6 Å². The molecule has 0 radical (unpaired) electrons. The van der Waals surface area contributed by atoms with Crippen LogP contribution in [0.2, 0.25) is 0 Å². The Morgan fingerprint density at radius 1 is 1.12 bits per heavy atom. The van der Waals surface area contributed by atoms with E-state index >= 15 is 0 Å². The molecule has 3 aromatic rings. The largest absolute Gasteiger partial charge is 0.396 e. The molecule has 0 spiro atoms. The van der Waals surface area contributed by atoms with E-state index in [1.165, 1.54) is 0 Å². The summed E-state index contributed by atoms with van der Waals surface area (Å²) in [6.07, 6.45) is 1.17. The highest BCUT2D eigenvalue weighted by Gasteiger charge is 2.09. The summed E-state index contributed by atoms with van der Waals surface area (Å²) >= 11 is 0. The number of benzene rings is 1. The van der Waals surface area contributed by atoms with Gasteiger partial charge in [-0.15, -0.1) is 15.3 Å². The molecule has 0 atom stereocenters. The molecule has 0 saturated carbocycles. The Hall–Kier alpha value is -3.00. The lowest BCUT2D eigenvalue weighted by Gasteiger charge is -2.06. The summed E-state index contributed by atoms with van der Waals surface area (Å²) in [5.74, 6) is 1.25. The van der Waals surface area contributed by atoms with Crippen molar-refractivity contribution in [2.75, 3.05) is 25.0 Å². The van der Waals surface area contributed by atoms with Crippen molar-refractivity contribution in [2.24, 2.45) is 0 Å². The van der Waals surface area contributed by atoms with E-state index in [4.69, 9.17) is 5.11 Å². The molecule has 26 heavy (non-hydrogen) atoms. The van der Waals surface area contributed by atoms with Crippen LogP contribution in [-0.4, -0.2) is 50.5 Å². The Morgan fingerprint density at radius 3 is 2.69 bits per heavy atom. The quantitative estimate of drug-likeness (QED) is 0.525. The molecule has 8 heteroatoms. The monoisotopic (exact) mass is 354 g/mol. The van der Waals surface area contributed by atoms with E-state index in [9.17, 15) is 4.79 Å². The van der Waals surface area contributed by atoms with E-state index in [-0.39, 0.29) is 12.5 Å². The van der Waals surface area contributed by atoms with Gasteiger partial charge in [0, 0.05) is 31.7 Å². The highest BCUT2D eigenvalue weighted by Crippen LogP contribution is 2.08. The summed E-state index contributed by atoms with van der Waals surface area (Å²) in [4.78, 5) is 12.1. The number of aliphatic hydroxyl groups is 1. The number of fused-ring (bicyclic) bond motifs is 1. The van der Waals surface area contributed by atoms with Gasteiger partial charge in [0.25, 0.3) is 5.91 Å². The Labute approximate surface area is 151 Å². The van der Waals surface area contributed by atoms with Gasteiger partial charge in [-0.3, -0.25) is 4.79 Å². The summed E-state index contributed by atoms with van der Waals surface area (Å²) in [5, 5.41) is 27.6. The molecule has 0 saturated heterocycles. The number of aromatic nitrogens is 4. The number of rotatable bonds is 8. The minimum Gasteiger partial charge on any atom is -0.396 e. The smallest absolute Gasteiger partial charge is 0.251 e. The van der Waals surface area contributed by atoms with E-state index in [2.05, 4.69) is 25.9 Å². The van der Waals surface area contributed by atoms with E-state index < -0.39 is 0 Å². The number of nitrogens with one attached hydrogen (secondary N) is 2. The summed E-state index contributed by atoms with van der Waals surface area (Å²) in [7, 11) is 0. The van der Waals surface area contributed by atoms with E-state index in [0.717, 1.165) is 5.56 Å². The number of anilines is 1. The number of aliphatic hydroxyl groups excluding tert-OH is 1. The fourth-order valence-electron chi connectivity index (χ4n) is 2.47. The molecule has 0 fully saturated rings. The van der Waals surface area contributed by atoms with Crippen molar-refractivity contribution in [3.8, 4) is 0 Å². The molecule has 0 aliphatic carbocycles. The first-order valence-corrected chi connectivity index (χ1v) is 8.58. The molecule has 0 unspecified atom stereocenters. The van der Waals surface area contributed by atoms with Crippen LogP contribution in [-0.2, 0) is 6.42 Å². The predicted octanol–water partition coefficient (Wildman–Crippen LogP) is 1.20. The molecule has 0 aliphatic heterocycles. The third kappa shape index (κ3) is 4.34. The number of amides is 1. The average Bonchev–Trinajstić information content (AvgIpc) is 3.05. The maximum atomic E-state index is 12.1. The van der Waals surface area contributed by atoms with Gasteiger partial charge in [-0.05, 0) is 37.6 Å². The van der Waals surface area contributed by atoms with Crippen molar-refractivity contribution in [2.45, 2.75) is 19.8 Å². The van der Waals surface area contributed by atoms with Gasteiger partial charge in [0.2, 0.25) is 0 Å². The van der Waals surface area contributed by atoms with Crippen LogP contribution in [0, 0.1) is 6.92 Å². The molecular weight excluding hydrogens is 332 g/mol. The zero-order valence-corrected chi connectivity index (χ0v) is 14.6. The molecule has 2 heterocycles. The van der Waals surface area contributed by atoms with Crippen LogP contribution >= 0.6 is 0 Å². The second-order valence-electron chi connectivity index (χ2n) is 5.98. The number of carbonyl (C=O) groups is 1. The first kappa shape index (κ1) is 17.8. The molecule has 2 aromatic heterocycles. The van der Waals surface area contributed by atoms with Gasteiger partial charge in [-0.1, -0.05) is 17.7 Å². The zero-order valence-electron chi connectivity index (χ0n) is 14.6. The molecule has 0 aliphatic rings. The molecule has 1 aromatic carbocycles. The maximum Gasteiger partial charge on any atom is 0.251 e. The SMILES string of the molecule is Cc1ccc(C(=O)NCCc2nnc3ccc(NCCCO)nn23)cc1. The van der Waals surface area contributed by atoms with Crippen LogP contribution in [0.3, 0.4) is 0 Å². The van der Waals surface area contributed by atoms with Crippen molar-refractivity contribution in [1.82, 2.24) is 25.1 Å². The van der Waals surface area contributed by atoms with E-state index in [1.54, 1.807) is 4.52 Å². The lowest BCUT2D eigenvalue weighted by molar-refractivity contribution is 0.0954. The molecule has 3 rings (SSSR count). The lowest BCUT2D eigenvalue weighted by atomic mass is 10.1. The first-order valence-electron chi connectivity index (χ1n) is 8.58. The predicted molar refractivity (Wildman–Crippen MR) is 98.2 cm³/mol. The number of hydrogen-bond acceptors (Lipinski definition) is 6. The van der Waals surface area contributed by atoms with Crippen molar-refractivity contribution >= 4 is 17.4 Å². The van der Waals surface area contributed by atoms with Gasteiger partial charge in [0.1, 0.15) is 5.82 Å². The third-order valence-electron chi connectivity index (χ3n) is 3.92.